The van der Waals surface area contributed by atoms with Crippen molar-refractivity contribution < 1.29 is 14.3 Å². The van der Waals surface area contributed by atoms with E-state index in [0.717, 1.165) is 30.0 Å². The highest BCUT2D eigenvalue weighted by atomic mass is 16.5. The van der Waals surface area contributed by atoms with Crippen molar-refractivity contribution in [1.29, 1.82) is 0 Å². The maximum atomic E-state index is 12.4. The number of carbonyl (C=O) groups excluding carboxylic acids is 1. The highest BCUT2D eigenvalue weighted by molar-refractivity contribution is 5.93. The summed E-state index contributed by atoms with van der Waals surface area (Å²) >= 11 is 0. The van der Waals surface area contributed by atoms with Crippen LogP contribution in [0, 0.1) is 0 Å². The highest BCUT2D eigenvalue weighted by Crippen LogP contribution is 2.14. The lowest BCUT2D eigenvalue weighted by molar-refractivity contribution is 0.0946. The molecule has 0 aliphatic carbocycles. The summed E-state index contributed by atoms with van der Waals surface area (Å²) in [6.45, 7) is 4.59. The summed E-state index contributed by atoms with van der Waals surface area (Å²) in [4.78, 5) is 18.6. The van der Waals surface area contributed by atoms with Gasteiger partial charge in [0.2, 0.25) is 0 Å². The SMILES string of the molecule is CCCOc1ccc(CNC(=O)c2cc(N(C)CCOC)ccn2)cc1. The molecule has 0 saturated carbocycles. The van der Waals surface area contributed by atoms with Crippen LogP contribution < -0.4 is 15.0 Å². The van der Waals surface area contributed by atoms with Crippen molar-refractivity contribution in [2.45, 2.75) is 19.9 Å². The number of pyridine rings is 1. The minimum atomic E-state index is -0.196. The average Bonchev–Trinajstić information content (AvgIpc) is 2.69. The first-order valence-corrected chi connectivity index (χ1v) is 8.80. The van der Waals surface area contributed by atoms with Crippen LogP contribution in [0.3, 0.4) is 0 Å². The second-order valence-electron chi connectivity index (χ2n) is 5.99. The maximum Gasteiger partial charge on any atom is 0.270 e. The number of carbonyl (C=O) groups is 1. The van der Waals surface area contributed by atoms with Crippen molar-refractivity contribution in [3.63, 3.8) is 0 Å². The molecule has 26 heavy (non-hydrogen) atoms. The van der Waals surface area contributed by atoms with Gasteiger partial charge in [-0.3, -0.25) is 9.78 Å². The minimum Gasteiger partial charge on any atom is -0.494 e. The Morgan fingerprint density at radius 1 is 1.19 bits per heavy atom. The van der Waals surface area contributed by atoms with Crippen LogP contribution in [0.15, 0.2) is 42.6 Å². The minimum absolute atomic E-state index is 0.196. The fourth-order valence-corrected chi connectivity index (χ4v) is 2.33. The summed E-state index contributed by atoms with van der Waals surface area (Å²) in [6.07, 6.45) is 2.62. The van der Waals surface area contributed by atoms with Gasteiger partial charge in [-0.05, 0) is 36.2 Å². The molecule has 6 nitrogen and oxygen atoms in total. The number of nitrogens with zero attached hydrogens (tertiary/aromatic N) is 2. The van der Waals surface area contributed by atoms with Gasteiger partial charge in [0.05, 0.1) is 13.2 Å². The number of anilines is 1. The van der Waals surface area contributed by atoms with E-state index in [4.69, 9.17) is 9.47 Å². The van der Waals surface area contributed by atoms with E-state index < -0.39 is 0 Å². The molecule has 0 bridgehead atoms. The predicted octanol–water partition coefficient (Wildman–Crippen LogP) is 2.88. The van der Waals surface area contributed by atoms with Gasteiger partial charge in [0, 0.05) is 39.1 Å². The number of hydrogen-bond acceptors (Lipinski definition) is 5. The zero-order chi connectivity index (χ0) is 18.8. The van der Waals surface area contributed by atoms with E-state index in [2.05, 4.69) is 17.2 Å². The van der Waals surface area contributed by atoms with E-state index in [-0.39, 0.29) is 5.91 Å². The van der Waals surface area contributed by atoms with Crippen LogP contribution in [-0.4, -0.2) is 44.8 Å². The molecule has 1 heterocycles. The summed E-state index contributed by atoms with van der Waals surface area (Å²) in [7, 11) is 3.62. The number of methoxy groups -OCH3 is 1. The fourth-order valence-electron chi connectivity index (χ4n) is 2.33. The molecular formula is C20H27N3O3. The molecule has 0 spiro atoms. The van der Waals surface area contributed by atoms with Crippen LogP contribution in [0.4, 0.5) is 5.69 Å². The molecule has 0 aliphatic heterocycles. The molecule has 1 aromatic carbocycles. The zero-order valence-corrected chi connectivity index (χ0v) is 15.7. The Balaban J connectivity index is 1.91. The number of nitrogens with one attached hydrogen (secondary N) is 1. The summed E-state index contributed by atoms with van der Waals surface area (Å²) in [5, 5.41) is 2.90. The van der Waals surface area contributed by atoms with Crippen molar-refractivity contribution in [3.05, 3.63) is 53.9 Å². The van der Waals surface area contributed by atoms with Crippen molar-refractivity contribution in [2.75, 3.05) is 38.8 Å². The van der Waals surface area contributed by atoms with Crippen molar-refractivity contribution >= 4 is 11.6 Å². The van der Waals surface area contributed by atoms with Crippen LogP contribution in [-0.2, 0) is 11.3 Å². The Morgan fingerprint density at radius 2 is 1.96 bits per heavy atom. The molecule has 0 atom stereocenters. The third kappa shape index (κ3) is 6.04. The lowest BCUT2D eigenvalue weighted by Gasteiger charge is -2.19. The van der Waals surface area contributed by atoms with Gasteiger partial charge in [-0.15, -0.1) is 0 Å². The normalized spacial score (nSPS) is 10.4. The van der Waals surface area contributed by atoms with Crippen molar-refractivity contribution in [3.8, 4) is 5.75 Å². The molecule has 1 aromatic heterocycles. The summed E-state index contributed by atoms with van der Waals surface area (Å²) < 4.78 is 10.6. The van der Waals surface area contributed by atoms with Gasteiger partial charge in [0.15, 0.2) is 0 Å². The molecule has 0 fully saturated rings. The van der Waals surface area contributed by atoms with Gasteiger partial charge in [0.25, 0.3) is 5.91 Å². The Hall–Kier alpha value is -2.60. The summed E-state index contributed by atoms with van der Waals surface area (Å²) in [5.74, 6) is 0.647. The Kier molecular flexibility index (Phi) is 7.89. The van der Waals surface area contributed by atoms with E-state index in [1.807, 2.05) is 42.3 Å². The van der Waals surface area contributed by atoms with Gasteiger partial charge in [-0.1, -0.05) is 19.1 Å². The quantitative estimate of drug-likeness (QED) is 0.708. The molecule has 1 N–H and O–H groups in total. The van der Waals surface area contributed by atoms with Crippen LogP contribution >= 0.6 is 0 Å². The van der Waals surface area contributed by atoms with E-state index in [0.29, 0.717) is 25.5 Å². The first-order chi connectivity index (χ1) is 12.6. The van der Waals surface area contributed by atoms with E-state index >= 15 is 0 Å². The number of hydrogen-bond donors (Lipinski definition) is 1. The molecule has 0 aliphatic rings. The van der Waals surface area contributed by atoms with Crippen LogP contribution in [0.25, 0.3) is 0 Å². The summed E-state index contributed by atoms with van der Waals surface area (Å²) in [6, 6.07) is 11.4. The van der Waals surface area contributed by atoms with Crippen LogP contribution in [0.5, 0.6) is 5.75 Å². The number of likely N-dealkylation sites (N-methyl/N-ethyl adjacent to an activating group) is 1. The first kappa shape index (κ1) is 19.7. The van der Waals surface area contributed by atoms with Crippen LogP contribution in [0.1, 0.15) is 29.4 Å². The predicted molar refractivity (Wildman–Crippen MR) is 103 cm³/mol. The molecule has 2 rings (SSSR count). The largest absolute Gasteiger partial charge is 0.494 e. The van der Waals surface area contributed by atoms with Gasteiger partial charge in [-0.2, -0.15) is 0 Å². The molecule has 2 aromatic rings. The third-order valence-electron chi connectivity index (χ3n) is 3.90. The molecule has 0 radical (unpaired) electrons. The lowest BCUT2D eigenvalue weighted by atomic mass is 10.2. The van der Waals surface area contributed by atoms with Crippen LogP contribution in [0.2, 0.25) is 0 Å². The van der Waals surface area contributed by atoms with Gasteiger partial charge in [0.1, 0.15) is 11.4 Å². The smallest absolute Gasteiger partial charge is 0.270 e. The highest BCUT2D eigenvalue weighted by Gasteiger charge is 2.10. The first-order valence-electron chi connectivity index (χ1n) is 8.80. The number of amides is 1. The summed E-state index contributed by atoms with van der Waals surface area (Å²) in [5.41, 5.74) is 2.34. The topological polar surface area (TPSA) is 63.7 Å². The van der Waals surface area contributed by atoms with Crippen molar-refractivity contribution in [1.82, 2.24) is 10.3 Å². The Morgan fingerprint density at radius 3 is 2.65 bits per heavy atom. The van der Waals surface area contributed by atoms with Gasteiger partial charge >= 0.3 is 0 Å². The zero-order valence-electron chi connectivity index (χ0n) is 15.7. The number of rotatable bonds is 10. The van der Waals surface area contributed by atoms with E-state index in [9.17, 15) is 4.79 Å². The molecule has 140 valence electrons. The fraction of sp³-hybridized carbons (Fsp3) is 0.400. The number of aromatic nitrogens is 1. The number of benzene rings is 1. The van der Waals surface area contributed by atoms with E-state index in [1.54, 1.807) is 19.4 Å². The van der Waals surface area contributed by atoms with Gasteiger partial charge in [-0.25, -0.2) is 0 Å². The van der Waals surface area contributed by atoms with Gasteiger partial charge < -0.3 is 19.7 Å². The maximum absolute atomic E-state index is 12.4. The third-order valence-corrected chi connectivity index (χ3v) is 3.90. The second kappa shape index (κ2) is 10.4. The standard InChI is InChI=1S/C20H27N3O3/c1-4-12-26-18-7-5-16(6-8-18)15-22-20(24)19-14-17(9-10-21-19)23(2)11-13-25-3/h5-10,14H,4,11-13,15H2,1-3H3,(H,22,24). The monoisotopic (exact) mass is 357 g/mol. The molecule has 6 heteroatoms. The van der Waals surface area contributed by atoms with E-state index in [1.165, 1.54) is 0 Å². The number of ether oxygens (including phenoxy) is 2. The average molecular weight is 357 g/mol. The molecular weight excluding hydrogens is 330 g/mol. The molecule has 1 amide bonds. The molecule has 0 unspecified atom stereocenters. The Labute approximate surface area is 155 Å². The Bertz CT molecular complexity index is 689. The molecule has 0 saturated heterocycles. The second-order valence-corrected chi connectivity index (χ2v) is 5.99. The van der Waals surface area contributed by atoms with Crippen molar-refractivity contribution in [2.24, 2.45) is 0 Å². The lowest BCUT2D eigenvalue weighted by Crippen LogP contribution is -2.25.